The highest BCUT2D eigenvalue weighted by atomic mass is 127. The molecule has 0 bridgehead atoms. The molecular weight excluding hydrogens is 551 g/mol. The number of allylic oxidation sites excluding steroid dienone is 2. The molecule has 0 fully saturated rings. The second-order valence-electron chi connectivity index (χ2n) is 5.36. The molecule has 1 aromatic rings. The van der Waals surface area contributed by atoms with E-state index < -0.39 is 23.3 Å². The summed E-state index contributed by atoms with van der Waals surface area (Å²) in [7, 11) is 0. The normalized spacial score (nSPS) is 18.0. The Morgan fingerprint density at radius 1 is 1.08 bits per heavy atom. The molecule has 24 heavy (non-hydrogen) atoms. The number of hydrogen-bond donors (Lipinski definition) is 2. The Morgan fingerprint density at radius 3 is 2.17 bits per heavy atom. The molecule has 0 heterocycles. The van der Waals surface area contributed by atoms with E-state index in [1.54, 1.807) is 18.2 Å². The fourth-order valence-electron chi connectivity index (χ4n) is 2.45. The average molecular weight is 564 g/mol. The summed E-state index contributed by atoms with van der Waals surface area (Å²) in [5.41, 5.74) is 0.371. The quantitative estimate of drug-likeness (QED) is 0.467. The topological polar surface area (TPSA) is 57.5 Å². The second-order valence-corrected chi connectivity index (χ2v) is 7.69. The number of aliphatic hydroxyl groups is 1. The Labute approximate surface area is 163 Å². The van der Waals surface area contributed by atoms with Crippen LogP contribution in [0.1, 0.15) is 31.2 Å². The molecule has 0 saturated heterocycles. The fourth-order valence-corrected chi connectivity index (χ4v) is 4.27. The molecule has 0 saturated carbocycles. The van der Waals surface area contributed by atoms with Gasteiger partial charge >= 0.3 is 6.18 Å². The molecular formula is C16H13F3I2O3. The first kappa shape index (κ1) is 19.5. The van der Waals surface area contributed by atoms with E-state index in [-0.39, 0.29) is 12.2 Å². The van der Waals surface area contributed by atoms with E-state index in [1.165, 1.54) is 0 Å². The van der Waals surface area contributed by atoms with Crippen molar-refractivity contribution < 1.29 is 28.2 Å². The molecule has 3 nitrogen and oxygen atoms in total. The lowest BCUT2D eigenvalue weighted by Crippen LogP contribution is -2.25. The van der Waals surface area contributed by atoms with Crippen LogP contribution in [0.4, 0.5) is 13.2 Å². The van der Waals surface area contributed by atoms with Gasteiger partial charge in [0, 0.05) is 5.57 Å². The summed E-state index contributed by atoms with van der Waals surface area (Å²) in [4.78, 5) is 11.5. The van der Waals surface area contributed by atoms with E-state index in [9.17, 15) is 28.2 Å². The van der Waals surface area contributed by atoms with Gasteiger partial charge in [0.15, 0.2) is 0 Å². The van der Waals surface area contributed by atoms with Crippen molar-refractivity contribution in [1.82, 2.24) is 0 Å². The third kappa shape index (κ3) is 4.44. The zero-order chi connectivity index (χ0) is 18.1. The Balaban J connectivity index is 2.50. The van der Waals surface area contributed by atoms with Crippen LogP contribution in [-0.4, -0.2) is 22.2 Å². The number of carbonyl (C=O) groups is 1. The molecule has 0 atom stereocenters. The van der Waals surface area contributed by atoms with Crippen LogP contribution in [0.2, 0.25) is 0 Å². The van der Waals surface area contributed by atoms with Crippen LogP contribution in [0.25, 0.3) is 6.08 Å². The largest absolute Gasteiger partial charge is 0.507 e. The fraction of sp³-hybridized carbons (Fsp3) is 0.312. The number of aliphatic hydroxyl groups excluding tert-OH is 1. The first-order valence-electron chi connectivity index (χ1n) is 7.04. The third-order valence-corrected chi connectivity index (χ3v) is 5.27. The molecule has 0 unspecified atom stereocenters. The van der Waals surface area contributed by atoms with Gasteiger partial charge in [-0.05, 0) is 100 Å². The second kappa shape index (κ2) is 7.63. The molecule has 2 N–H and O–H groups in total. The van der Waals surface area contributed by atoms with Crippen LogP contribution in [-0.2, 0) is 4.79 Å². The van der Waals surface area contributed by atoms with Gasteiger partial charge in [-0.25, -0.2) is 0 Å². The minimum Gasteiger partial charge on any atom is -0.507 e. The van der Waals surface area contributed by atoms with Crippen molar-refractivity contribution in [2.45, 2.75) is 31.9 Å². The molecule has 0 aliphatic heterocycles. The number of phenols is 1. The van der Waals surface area contributed by atoms with Crippen molar-refractivity contribution in [2.24, 2.45) is 0 Å². The van der Waals surface area contributed by atoms with Crippen molar-refractivity contribution in [2.75, 3.05) is 0 Å². The van der Waals surface area contributed by atoms with E-state index >= 15 is 0 Å². The third-order valence-electron chi connectivity index (χ3n) is 3.62. The average Bonchev–Trinajstić information content (AvgIpc) is 2.65. The Bertz CT molecular complexity index is 714. The van der Waals surface area contributed by atoms with Crippen LogP contribution >= 0.6 is 45.2 Å². The maximum absolute atomic E-state index is 12.7. The number of alkyl halides is 3. The molecule has 1 aromatic carbocycles. The number of carbonyl (C=O) groups excluding carboxylic acids is 1. The van der Waals surface area contributed by atoms with Gasteiger partial charge in [0.05, 0.1) is 7.14 Å². The van der Waals surface area contributed by atoms with Gasteiger partial charge in [0.1, 0.15) is 11.5 Å². The summed E-state index contributed by atoms with van der Waals surface area (Å²) >= 11 is 3.89. The molecule has 0 aromatic heterocycles. The summed E-state index contributed by atoms with van der Waals surface area (Å²) in [6.07, 6.45) is -2.16. The number of Topliss-reactive ketones (excluding diaryl/α,β-unsaturated/α-hetero) is 1. The van der Waals surface area contributed by atoms with Crippen molar-refractivity contribution in [1.29, 1.82) is 0 Å². The minimum atomic E-state index is -5.00. The van der Waals surface area contributed by atoms with Gasteiger partial charge in [-0.2, -0.15) is 13.2 Å². The molecule has 0 spiro atoms. The zero-order valence-electron chi connectivity index (χ0n) is 12.3. The van der Waals surface area contributed by atoms with Gasteiger partial charge in [-0.3, -0.25) is 4.79 Å². The number of aromatic hydroxyl groups is 1. The Hall–Kier alpha value is -0.780. The molecule has 1 aliphatic carbocycles. The first-order chi connectivity index (χ1) is 11.1. The molecule has 0 amide bonds. The highest BCUT2D eigenvalue weighted by molar-refractivity contribution is 14.1. The van der Waals surface area contributed by atoms with Crippen molar-refractivity contribution in [3.05, 3.63) is 41.7 Å². The lowest BCUT2D eigenvalue weighted by Gasteiger charge is -2.11. The summed E-state index contributed by atoms with van der Waals surface area (Å²) in [6.45, 7) is 0. The highest BCUT2D eigenvalue weighted by Gasteiger charge is 2.42. The van der Waals surface area contributed by atoms with Gasteiger partial charge in [-0.15, -0.1) is 0 Å². The predicted molar refractivity (Wildman–Crippen MR) is 101 cm³/mol. The van der Waals surface area contributed by atoms with E-state index in [4.69, 9.17) is 0 Å². The van der Waals surface area contributed by atoms with Crippen LogP contribution in [0.3, 0.4) is 0 Å². The van der Waals surface area contributed by atoms with E-state index in [1.807, 2.05) is 45.2 Å². The number of halogens is 5. The van der Waals surface area contributed by atoms with Crippen molar-refractivity contribution in [3.63, 3.8) is 0 Å². The smallest absolute Gasteiger partial charge is 0.454 e. The van der Waals surface area contributed by atoms with Crippen LogP contribution in [0, 0.1) is 7.14 Å². The van der Waals surface area contributed by atoms with Crippen LogP contribution < -0.4 is 0 Å². The summed E-state index contributed by atoms with van der Waals surface area (Å²) in [6, 6.07) is 3.32. The van der Waals surface area contributed by atoms with Crippen molar-refractivity contribution >= 4 is 57.0 Å². The molecule has 8 heteroatoms. The zero-order valence-corrected chi connectivity index (χ0v) is 16.6. The summed E-state index contributed by atoms with van der Waals surface area (Å²) < 4.78 is 39.3. The van der Waals surface area contributed by atoms with E-state index in [2.05, 4.69) is 0 Å². The molecule has 1 aliphatic rings. The first-order valence-corrected chi connectivity index (χ1v) is 9.19. The molecule has 130 valence electrons. The number of ketones is 1. The van der Waals surface area contributed by atoms with Crippen molar-refractivity contribution in [3.8, 4) is 5.75 Å². The predicted octanol–water partition coefficient (Wildman–Crippen LogP) is 5.50. The lowest BCUT2D eigenvalue weighted by molar-refractivity contribution is -0.166. The minimum absolute atomic E-state index is 0.0911. The number of phenolic OH excluding ortho intramolecular Hbond substituents is 1. The lowest BCUT2D eigenvalue weighted by atomic mass is 10.0. The number of rotatable bonds is 2. The van der Waals surface area contributed by atoms with Gasteiger partial charge in [0.2, 0.25) is 0 Å². The van der Waals surface area contributed by atoms with Gasteiger partial charge in [-0.1, -0.05) is 0 Å². The van der Waals surface area contributed by atoms with Gasteiger partial charge in [0.25, 0.3) is 5.78 Å². The highest BCUT2D eigenvalue weighted by Crippen LogP contribution is 2.34. The van der Waals surface area contributed by atoms with E-state index in [0.29, 0.717) is 37.5 Å². The molecule has 2 rings (SSSR count). The number of benzene rings is 1. The maximum Gasteiger partial charge on any atom is 0.454 e. The Morgan fingerprint density at radius 2 is 1.62 bits per heavy atom. The van der Waals surface area contributed by atoms with Crippen LogP contribution in [0.5, 0.6) is 5.75 Å². The Kier molecular flexibility index (Phi) is 6.21. The van der Waals surface area contributed by atoms with Crippen LogP contribution in [0.15, 0.2) is 29.0 Å². The standard InChI is InChI=1S/C16H13F3I2O3/c17-16(18,19)15(24)10-4-2-1-3-9(13(10)22)5-8-6-11(20)14(23)12(21)7-8/h5-7,22-23H,1-4H2/b9-5+. The molecule has 0 radical (unpaired) electrons. The monoisotopic (exact) mass is 564 g/mol. The van der Waals surface area contributed by atoms with Gasteiger partial charge < -0.3 is 10.2 Å². The maximum atomic E-state index is 12.7. The van der Waals surface area contributed by atoms with E-state index in [0.717, 1.165) is 0 Å². The summed E-state index contributed by atoms with van der Waals surface area (Å²) in [5, 5.41) is 20.0. The summed E-state index contributed by atoms with van der Waals surface area (Å²) in [5.74, 6) is -2.43. The number of hydrogen-bond acceptors (Lipinski definition) is 3. The SMILES string of the molecule is O=C(C1=C(O)/C(=C/c2cc(I)c(O)c(I)c2)CCCC1)C(F)(F)F.